The molecule has 0 spiro atoms. The molecule has 0 saturated carbocycles. The minimum Gasteiger partial charge on any atom is -0.493 e. The maximum atomic E-state index is 12.8. The largest absolute Gasteiger partial charge is 0.493 e. The molecule has 30 heavy (non-hydrogen) atoms. The molecular weight excluding hydrogens is 400 g/mol. The standard InChI is InChI=1S/C23H32N2O4S/c1-5-14-25(15-6-2)30(27,28)22-12-10-20(11-13-22)24-23(26)19-8-7-9-21(16-19)29-17-18(3)4/h7-13,16,18H,5-6,14-15,17H2,1-4H3,(H,24,26). The Balaban J connectivity index is 2.10. The summed E-state index contributed by atoms with van der Waals surface area (Å²) in [6.45, 7) is 9.59. The van der Waals surface area contributed by atoms with Crippen LogP contribution in [0.4, 0.5) is 5.69 Å². The lowest BCUT2D eigenvalue weighted by Crippen LogP contribution is -2.32. The molecule has 0 radical (unpaired) electrons. The van der Waals surface area contributed by atoms with Crippen molar-refractivity contribution in [3.8, 4) is 5.75 Å². The van der Waals surface area contributed by atoms with E-state index in [0.29, 0.717) is 42.6 Å². The molecule has 6 nitrogen and oxygen atoms in total. The SMILES string of the molecule is CCCN(CCC)S(=O)(=O)c1ccc(NC(=O)c2cccc(OCC(C)C)c2)cc1. The number of carbonyl (C=O) groups excluding carboxylic acids is 1. The Kier molecular flexibility index (Phi) is 8.87. The molecule has 1 N–H and O–H groups in total. The van der Waals surface area contributed by atoms with Gasteiger partial charge in [-0.25, -0.2) is 8.42 Å². The van der Waals surface area contributed by atoms with Crippen molar-refractivity contribution >= 4 is 21.6 Å². The van der Waals surface area contributed by atoms with E-state index < -0.39 is 10.0 Å². The van der Waals surface area contributed by atoms with Crippen molar-refractivity contribution in [1.82, 2.24) is 4.31 Å². The molecule has 2 rings (SSSR count). The maximum absolute atomic E-state index is 12.8. The summed E-state index contributed by atoms with van der Waals surface area (Å²) in [5.74, 6) is 0.756. The van der Waals surface area contributed by atoms with Crippen molar-refractivity contribution in [2.24, 2.45) is 5.92 Å². The monoisotopic (exact) mass is 432 g/mol. The summed E-state index contributed by atoms with van der Waals surface area (Å²) in [6.07, 6.45) is 1.51. The van der Waals surface area contributed by atoms with Gasteiger partial charge in [0.2, 0.25) is 10.0 Å². The molecule has 0 aliphatic carbocycles. The third-order valence-corrected chi connectivity index (χ3v) is 6.29. The van der Waals surface area contributed by atoms with Gasteiger partial charge in [0.15, 0.2) is 0 Å². The Hall–Kier alpha value is -2.38. The van der Waals surface area contributed by atoms with Gasteiger partial charge in [0.25, 0.3) is 5.91 Å². The number of hydrogen-bond donors (Lipinski definition) is 1. The second kappa shape index (κ2) is 11.1. The first-order valence-corrected chi connectivity index (χ1v) is 11.9. The molecule has 7 heteroatoms. The summed E-state index contributed by atoms with van der Waals surface area (Å²) >= 11 is 0. The predicted molar refractivity (Wildman–Crippen MR) is 121 cm³/mol. The third kappa shape index (κ3) is 6.57. The molecule has 2 aromatic rings. The fourth-order valence-corrected chi connectivity index (χ4v) is 4.53. The average Bonchev–Trinajstić information content (AvgIpc) is 2.72. The lowest BCUT2D eigenvalue weighted by Gasteiger charge is -2.21. The second-order valence-corrected chi connectivity index (χ2v) is 9.55. The molecule has 0 atom stereocenters. The van der Waals surface area contributed by atoms with Crippen molar-refractivity contribution in [3.05, 3.63) is 54.1 Å². The van der Waals surface area contributed by atoms with Gasteiger partial charge in [0.1, 0.15) is 5.75 Å². The highest BCUT2D eigenvalue weighted by molar-refractivity contribution is 7.89. The minimum absolute atomic E-state index is 0.228. The van der Waals surface area contributed by atoms with E-state index >= 15 is 0 Å². The molecule has 0 aliphatic rings. The van der Waals surface area contributed by atoms with Gasteiger partial charge in [-0.05, 0) is 61.2 Å². The Morgan fingerprint density at radius 1 is 1.03 bits per heavy atom. The van der Waals surface area contributed by atoms with E-state index in [-0.39, 0.29) is 10.8 Å². The Bertz CT molecular complexity index is 918. The zero-order valence-corrected chi connectivity index (χ0v) is 19.0. The molecule has 0 aromatic heterocycles. The summed E-state index contributed by atoms with van der Waals surface area (Å²) in [6, 6.07) is 13.3. The molecule has 0 unspecified atom stereocenters. The number of rotatable bonds is 11. The molecule has 0 bridgehead atoms. The zero-order chi connectivity index (χ0) is 22.1. The third-order valence-electron chi connectivity index (χ3n) is 4.38. The molecule has 0 heterocycles. The second-order valence-electron chi connectivity index (χ2n) is 7.62. The quantitative estimate of drug-likeness (QED) is 0.554. The molecule has 1 amide bonds. The molecule has 2 aromatic carbocycles. The summed E-state index contributed by atoms with van der Waals surface area (Å²) in [7, 11) is -3.54. The normalized spacial score (nSPS) is 11.7. The lowest BCUT2D eigenvalue weighted by atomic mass is 10.2. The van der Waals surface area contributed by atoms with Crippen LogP contribution in [0.5, 0.6) is 5.75 Å². The summed E-state index contributed by atoms with van der Waals surface area (Å²) in [5.41, 5.74) is 1.01. The molecule has 164 valence electrons. The highest BCUT2D eigenvalue weighted by Crippen LogP contribution is 2.20. The first-order valence-electron chi connectivity index (χ1n) is 10.4. The van der Waals surface area contributed by atoms with Crippen molar-refractivity contribution < 1.29 is 17.9 Å². The van der Waals surface area contributed by atoms with Gasteiger partial charge < -0.3 is 10.1 Å². The van der Waals surface area contributed by atoms with Gasteiger partial charge in [0, 0.05) is 24.3 Å². The van der Waals surface area contributed by atoms with Crippen LogP contribution in [0.3, 0.4) is 0 Å². The van der Waals surface area contributed by atoms with Crippen molar-refractivity contribution in [2.75, 3.05) is 25.0 Å². The molecule has 0 saturated heterocycles. The topological polar surface area (TPSA) is 75.7 Å². The Morgan fingerprint density at radius 3 is 2.23 bits per heavy atom. The van der Waals surface area contributed by atoms with E-state index in [1.54, 1.807) is 30.3 Å². The number of nitrogens with one attached hydrogen (secondary N) is 1. The van der Waals surface area contributed by atoms with Crippen LogP contribution >= 0.6 is 0 Å². The van der Waals surface area contributed by atoms with Gasteiger partial charge in [-0.15, -0.1) is 0 Å². The number of benzene rings is 2. The number of nitrogens with zero attached hydrogens (tertiary/aromatic N) is 1. The lowest BCUT2D eigenvalue weighted by molar-refractivity contribution is 0.102. The number of hydrogen-bond acceptors (Lipinski definition) is 4. The van der Waals surface area contributed by atoms with E-state index in [1.165, 1.54) is 16.4 Å². The molecule has 0 fully saturated rings. The van der Waals surface area contributed by atoms with Gasteiger partial charge in [-0.3, -0.25) is 4.79 Å². The van der Waals surface area contributed by atoms with Crippen molar-refractivity contribution in [3.63, 3.8) is 0 Å². The highest BCUT2D eigenvalue weighted by Gasteiger charge is 2.22. The Morgan fingerprint density at radius 2 is 1.67 bits per heavy atom. The molecule has 0 aliphatic heterocycles. The van der Waals surface area contributed by atoms with Crippen LogP contribution in [0.1, 0.15) is 50.9 Å². The van der Waals surface area contributed by atoms with Gasteiger partial charge in [0.05, 0.1) is 11.5 Å². The Labute approximate surface area is 180 Å². The summed E-state index contributed by atoms with van der Waals surface area (Å²) < 4.78 is 32.9. The summed E-state index contributed by atoms with van der Waals surface area (Å²) in [4.78, 5) is 12.8. The predicted octanol–water partition coefficient (Wildman–Crippen LogP) is 4.78. The van der Waals surface area contributed by atoms with E-state index in [9.17, 15) is 13.2 Å². The number of amides is 1. The van der Waals surface area contributed by atoms with Gasteiger partial charge >= 0.3 is 0 Å². The van der Waals surface area contributed by atoms with Crippen LogP contribution in [-0.4, -0.2) is 38.3 Å². The van der Waals surface area contributed by atoms with Crippen LogP contribution in [0.2, 0.25) is 0 Å². The van der Waals surface area contributed by atoms with Gasteiger partial charge in [-0.1, -0.05) is 33.8 Å². The van der Waals surface area contributed by atoms with Crippen LogP contribution in [0.25, 0.3) is 0 Å². The first kappa shape index (κ1) is 23.9. The van der Waals surface area contributed by atoms with E-state index in [0.717, 1.165) is 12.8 Å². The molecular formula is C23H32N2O4S. The van der Waals surface area contributed by atoms with Crippen LogP contribution < -0.4 is 10.1 Å². The number of ether oxygens (including phenoxy) is 1. The summed E-state index contributed by atoms with van der Waals surface area (Å²) in [5, 5.41) is 2.81. The van der Waals surface area contributed by atoms with E-state index in [4.69, 9.17) is 4.74 Å². The minimum atomic E-state index is -3.54. The van der Waals surface area contributed by atoms with E-state index in [2.05, 4.69) is 19.2 Å². The van der Waals surface area contributed by atoms with E-state index in [1.807, 2.05) is 19.9 Å². The van der Waals surface area contributed by atoms with Gasteiger partial charge in [-0.2, -0.15) is 4.31 Å². The fraction of sp³-hybridized carbons (Fsp3) is 0.435. The fourth-order valence-electron chi connectivity index (χ4n) is 2.90. The van der Waals surface area contributed by atoms with Crippen molar-refractivity contribution in [1.29, 1.82) is 0 Å². The maximum Gasteiger partial charge on any atom is 0.255 e. The smallest absolute Gasteiger partial charge is 0.255 e. The van der Waals surface area contributed by atoms with Crippen LogP contribution in [0, 0.1) is 5.92 Å². The average molecular weight is 433 g/mol. The van der Waals surface area contributed by atoms with Crippen molar-refractivity contribution in [2.45, 2.75) is 45.4 Å². The number of anilines is 1. The number of carbonyl (C=O) groups is 1. The number of sulfonamides is 1. The van der Waals surface area contributed by atoms with Crippen LogP contribution in [0.15, 0.2) is 53.4 Å². The highest BCUT2D eigenvalue weighted by atomic mass is 32.2. The first-order chi connectivity index (χ1) is 14.3. The van der Waals surface area contributed by atoms with Crippen LogP contribution in [-0.2, 0) is 10.0 Å². The zero-order valence-electron chi connectivity index (χ0n) is 18.2.